The third-order valence-electron chi connectivity index (χ3n) is 2.52. The number of hydrazine groups is 1. The second kappa shape index (κ2) is 7.24. The summed E-state index contributed by atoms with van der Waals surface area (Å²) in [5, 5.41) is 0. The lowest BCUT2D eigenvalue weighted by atomic mass is 10.3. The van der Waals surface area contributed by atoms with Crippen LogP contribution in [0.3, 0.4) is 0 Å². The zero-order valence-corrected chi connectivity index (χ0v) is 13.5. The molecule has 0 radical (unpaired) electrons. The largest absolute Gasteiger partial charge is 0.481 e. The van der Waals surface area contributed by atoms with Crippen molar-refractivity contribution in [2.75, 3.05) is 0 Å². The molecule has 5 nitrogen and oxygen atoms in total. The fourth-order valence-electron chi connectivity index (χ4n) is 1.47. The molecule has 1 atom stereocenters. The second-order valence-corrected chi connectivity index (χ2v) is 6.58. The highest BCUT2D eigenvalue weighted by molar-refractivity contribution is 9.11. The van der Waals surface area contributed by atoms with E-state index in [2.05, 4.69) is 26.8 Å². The van der Waals surface area contributed by atoms with Gasteiger partial charge in [-0.15, -0.1) is 11.3 Å². The average Bonchev–Trinajstić information content (AvgIpc) is 2.92. The summed E-state index contributed by atoms with van der Waals surface area (Å²) in [6, 6.07) is 12.4. The van der Waals surface area contributed by atoms with E-state index in [0.717, 1.165) is 3.79 Å². The normalized spacial score (nSPS) is 11.5. The Bertz CT molecular complexity index is 630. The number of hydrogen-bond donors (Lipinski definition) is 2. The molecule has 21 heavy (non-hydrogen) atoms. The maximum atomic E-state index is 11.8. The molecule has 0 fully saturated rings. The van der Waals surface area contributed by atoms with E-state index in [-0.39, 0.29) is 5.91 Å². The number of para-hydroxylation sites is 1. The van der Waals surface area contributed by atoms with Crippen molar-refractivity contribution in [3.63, 3.8) is 0 Å². The molecule has 1 aromatic carbocycles. The smallest absolute Gasteiger partial charge is 0.279 e. The van der Waals surface area contributed by atoms with Gasteiger partial charge in [-0.05, 0) is 47.1 Å². The van der Waals surface area contributed by atoms with Gasteiger partial charge in [0.2, 0.25) is 0 Å². The molecular weight excluding hydrogens is 356 g/mol. The fourth-order valence-corrected chi connectivity index (χ4v) is 2.76. The van der Waals surface area contributed by atoms with Gasteiger partial charge in [-0.1, -0.05) is 18.2 Å². The summed E-state index contributed by atoms with van der Waals surface area (Å²) in [5.41, 5.74) is 4.69. The zero-order chi connectivity index (χ0) is 15.2. The van der Waals surface area contributed by atoms with E-state index in [1.807, 2.05) is 18.2 Å². The average molecular weight is 369 g/mol. The molecule has 2 aromatic rings. The van der Waals surface area contributed by atoms with Crippen LogP contribution in [-0.4, -0.2) is 17.9 Å². The number of carbonyl (C=O) groups excluding carboxylic acids is 2. The third-order valence-corrected chi connectivity index (χ3v) is 4.14. The molecule has 0 saturated carbocycles. The van der Waals surface area contributed by atoms with E-state index in [1.54, 1.807) is 31.2 Å². The summed E-state index contributed by atoms with van der Waals surface area (Å²) in [7, 11) is 0. The summed E-state index contributed by atoms with van der Waals surface area (Å²) in [5.74, 6) is -0.206. The molecule has 1 heterocycles. The van der Waals surface area contributed by atoms with E-state index in [0.29, 0.717) is 10.6 Å². The number of thiophene rings is 1. The monoisotopic (exact) mass is 368 g/mol. The van der Waals surface area contributed by atoms with Crippen LogP contribution in [0.1, 0.15) is 16.6 Å². The Morgan fingerprint density at radius 3 is 2.48 bits per heavy atom. The molecule has 0 saturated heterocycles. The minimum atomic E-state index is -0.720. The lowest BCUT2D eigenvalue weighted by Gasteiger charge is -2.14. The summed E-state index contributed by atoms with van der Waals surface area (Å²) >= 11 is 4.55. The number of amides is 2. The Morgan fingerprint density at radius 2 is 1.86 bits per heavy atom. The summed E-state index contributed by atoms with van der Waals surface area (Å²) in [4.78, 5) is 24.1. The van der Waals surface area contributed by atoms with Crippen molar-refractivity contribution >= 4 is 39.1 Å². The van der Waals surface area contributed by atoms with E-state index < -0.39 is 12.0 Å². The van der Waals surface area contributed by atoms with Crippen LogP contribution in [0.5, 0.6) is 5.75 Å². The standard InChI is InChI=1S/C14H13BrN2O3S/c1-9(20-10-5-3-2-4-6-10)13(18)16-17-14(19)11-7-8-12(15)21-11/h2-9H,1H3,(H,16,18)(H,17,19). The number of rotatable bonds is 4. The fraction of sp³-hybridized carbons (Fsp3) is 0.143. The number of ether oxygens (including phenoxy) is 1. The van der Waals surface area contributed by atoms with E-state index in [1.165, 1.54) is 11.3 Å². The van der Waals surface area contributed by atoms with Crippen molar-refractivity contribution in [2.45, 2.75) is 13.0 Å². The second-order valence-electron chi connectivity index (χ2n) is 4.12. The minimum Gasteiger partial charge on any atom is -0.481 e. The highest BCUT2D eigenvalue weighted by Gasteiger charge is 2.16. The first-order chi connectivity index (χ1) is 10.1. The van der Waals surface area contributed by atoms with Crippen LogP contribution < -0.4 is 15.6 Å². The first-order valence-electron chi connectivity index (χ1n) is 6.13. The van der Waals surface area contributed by atoms with Crippen LogP contribution in [0.15, 0.2) is 46.3 Å². The quantitative estimate of drug-likeness (QED) is 0.815. The van der Waals surface area contributed by atoms with Crippen LogP contribution in [0.4, 0.5) is 0 Å². The van der Waals surface area contributed by atoms with Crippen molar-refractivity contribution in [2.24, 2.45) is 0 Å². The number of carbonyl (C=O) groups is 2. The molecule has 1 unspecified atom stereocenters. The molecule has 0 aliphatic carbocycles. The van der Waals surface area contributed by atoms with Gasteiger partial charge in [-0.3, -0.25) is 20.4 Å². The van der Waals surface area contributed by atoms with Crippen LogP contribution in [0.2, 0.25) is 0 Å². The third kappa shape index (κ3) is 4.57. The van der Waals surface area contributed by atoms with Gasteiger partial charge in [0, 0.05) is 0 Å². The van der Waals surface area contributed by atoms with Gasteiger partial charge < -0.3 is 4.74 Å². The van der Waals surface area contributed by atoms with Gasteiger partial charge in [-0.25, -0.2) is 0 Å². The van der Waals surface area contributed by atoms with Gasteiger partial charge in [0.1, 0.15) is 5.75 Å². The molecule has 110 valence electrons. The molecule has 0 aliphatic heterocycles. The van der Waals surface area contributed by atoms with Gasteiger partial charge in [0.15, 0.2) is 6.10 Å². The van der Waals surface area contributed by atoms with Crippen molar-refractivity contribution in [3.8, 4) is 5.75 Å². The Kier molecular flexibility index (Phi) is 5.35. The molecular formula is C14H13BrN2O3S. The minimum absolute atomic E-state index is 0.369. The van der Waals surface area contributed by atoms with Crippen molar-refractivity contribution in [3.05, 3.63) is 51.1 Å². The predicted octanol–water partition coefficient (Wildman–Crippen LogP) is 2.74. The molecule has 2 rings (SSSR count). The SMILES string of the molecule is CC(Oc1ccccc1)C(=O)NNC(=O)c1ccc(Br)s1. The maximum absolute atomic E-state index is 11.8. The molecule has 0 spiro atoms. The molecule has 1 aromatic heterocycles. The summed E-state index contributed by atoms with van der Waals surface area (Å²) in [6.45, 7) is 1.61. The molecule has 0 aliphatic rings. The molecule has 0 bridgehead atoms. The lowest BCUT2D eigenvalue weighted by Crippen LogP contribution is -2.47. The van der Waals surface area contributed by atoms with Crippen LogP contribution >= 0.6 is 27.3 Å². The Morgan fingerprint density at radius 1 is 1.14 bits per heavy atom. The summed E-state index contributed by atoms with van der Waals surface area (Å²) < 4.78 is 6.30. The number of nitrogens with one attached hydrogen (secondary N) is 2. The van der Waals surface area contributed by atoms with Gasteiger partial charge in [0.25, 0.3) is 11.8 Å². The van der Waals surface area contributed by atoms with E-state index >= 15 is 0 Å². The molecule has 2 amide bonds. The van der Waals surface area contributed by atoms with Crippen molar-refractivity contribution in [1.82, 2.24) is 10.9 Å². The highest BCUT2D eigenvalue weighted by atomic mass is 79.9. The van der Waals surface area contributed by atoms with Crippen molar-refractivity contribution in [1.29, 1.82) is 0 Å². The maximum Gasteiger partial charge on any atom is 0.279 e. The molecule has 2 N–H and O–H groups in total. The number of halogens is 1. The number of benzene rings is 1. The van der Waals surface area contributed by atoms with Crippen LogP contribution in [0.25, 0.3) is 0 Å². The van der Waals surface area contributed by atoms with Gasteiger partial charge in [-0.2, -0.15) is 0 Å². The first-order valence-corrected chi connectivity index (χ1v) is 7.74. The topological polar surface area (TPSA) is 67.4 Å². The van der Waals surface area contributed by atoms with Gasteiger partial charge >= 0.3 is 0 Å². The Hall–Kier alpha value is -1.86. The zero-order valence-electron chi connectivity index (χ0n) is 11.1. The highest BCUT2D eigenvalue weighted by Crippen LogP contribution is 2.21. The van der Waals surface area contributed by atoms with E-state index in [9.17, 15) is 9.59 Å². The Labute approximate surface area is 134 Å². The van der Waals surface area contributed by atoms with Crippen molar-refractivity contribution < 1.29 is 14.3 Å². The first kappa shape index (κ1) is 15.5. The van der Waals surface area contributed by atoms with Crippen LogP contribution in [0, 0.1) is 0 Å². The lowest BCUT2D eigenvalue weighted by molar-refractivity contribution is -0.128. The molecule has 7 heteroatoms. The summed E-state index contributed by atoms with van der Waals surface area (Å²) in [6.07, 6.45) is -0.720. The Balaban J connectivity index is 1.82. The van der Waals surface area contributed by atoms with E-state index in [4.69, 9.17) is 4.74 Å². The van der Waals surface area contributed by atoms with Gasteiger partial charge in [0.05, 0.1) is 8.66 Å². The predicted molar refractivity (Wildman–Crippen MR) is 84.2 cm³/mol. The number of hydrogen-bond acceptors (Lipinski definition) is 4. The van der Waals surface area contributed by atoms with Crippen LogP contribution in [-0.2, 0) is 4.79 Å².